The van der Waals surface area contributed by atoms with Crippen LogP contribution in [0.15, 0.2) is 0 Å². The lowest BCUT2D eigenvalue weighted by Gasteiger charge is -2.38. The van der Waals surface area contributed by atoms with Gasteiger partial charge in [0.1, 0.15) is 0 Å². The zero-order chi connectivity index (χ0) is 13.3. The SMILES string of the molecule is CCC(C)[C@H](N)C(=O)N1CCN2C(=O)NCC2C1. The maximum atomic E-state index is 12.2. The Balaban J connectivity index is 1.95. The van der Waals surface area contributed by atoms with Crippen LogP contribution in [0.2, 0.25) is 0 Å². The van der Waals surface area contributed by atoms with E-state index in [2.05, 4.69) is 5.32 Å². The number of hydrogen-bond donors (Lipinski definition) is 2. The zero-order valence-corrected chi connectivity index (χ0v) is 11.1. The zero-order valence-electron chi connectivity index (χ0n) is 11.1. The van der Waals surface area contributed by atoms with Gasteiger partial charge in [-0.2, -0.15) is 0 Å². The Morgan fingerprint density at radius 2 is 2.28 bits per heavy atom. The molecule has 102 valence electrons. The average molecular weight is 254 g/mol. The maximum Gasteiger partial charge on any atom is 0.317 e. The molecule has 2 heterocycles. The third-order valence-corrected chi connectivity index (χ3v) is 4.09. The fraction of sp³-hybridized carbons (Fsp3) is 0.833. The lowest BCUT2D eigenvalue weighted by Crippen LogP contribution is -2.57. The molecular formula is C12H22N4O2. The monoisotopic (exact) mass is 254 g/mol. The van der Waals surface area contributed by atoms with Crippen molar-refractivity contribution in [3.63, 3.8) is 0 Å². The van der Waals surface area contributed by atoms with Crippen LogP contribution >= 0.6 is 0 Å². The molecular weight excluding hydrogens is 232 g/mol. The summed E-state index contributed by atoms with van der Waals surface area (Å²) in [5, 5.41) is 2.80. The van der Waals surface area contributed by atoms with Crippen molar-refractivity contribution in [3.8, 4) is 0 Å². The number of nitrogens with two attached hydrogens (primary N) is 1. The quantitative estimate of drug-likeness (QED) is 0.719. The smallest absolute Gasteiger partial charge is 0.317 e. The van der Waals surface area contributed by atoms with E-state index in [0.717, 1.165) is 6.42 Å². The van der Waals surface area contributed by atoms with Gasteiger partial charge in [-0.05, 0) is 5.92 Å². The Labute approximate surface area is 107 Å². The second kappa shape index (κ2) is 5.14. The summed E-state index contributed by atoms with van der Waals surface area (Å²) in [6.45, 7) is 6.46. The number of urea groups is 1. The van der Waals surface area contributed by atoms with Crippen molar-refractivity contribution >= 4 is 11.9 Å². The van der Waals surface area contributed by atoms with E-state index in [1.54, 1.807) is 9.80 Å². The summed E-state index contributed by atoms with van der Waals surface area (Å²) in [6.07, 6.45) is 0.899. The van der Waals surface area contributed by atoms with Gasteiger partial charge in [0, 0.05) is 26.2 Å². The minimum Gasteiger partial charge on any atom is -0.337 e. The van der Waals surface area contributed by atoms with Crippen molar-refractivity contribution in [2.24, 2.45) is 11.7 Å². The molecule has 0 aliphatic carbocycles. The number of amides is 3. The van der Waals surface area contributed by atoms with Gasteiger partial charge < -0.3 is 20.9 Å². The number of piperazine rings is 1. The first-order valence-electron chi connectivity index (χ1n) is 6.63. The lowest BCUT2D eigenvalue weighted by atomic mass is 9.98. The van der Waals surface area contributed by atoms with Crippen LogP contribution in [0.4, 0.5) is 4.79 Å². The topological polar surface area (TPSA) is 78.7 Å². The number of rotatable bonds is 3. The second-order valence-corrected chi connectivity index (χ2v) is 5.23. The summed E-state index contributed by atoms with van der Waals surface area (Å²) < 4.78 is 0. The third kappa shape index (κ3) is 2.29. The van der Waals surface area contributed by atoms with E-state index in [1.807, 2.05) is 13.8 Å². The molecule has 0 aromatic heterocycles. The second-order valence-electron chi connectivity index (χ2n) is 5.23. The molecule has 0 saturated carbocycles. The lowest BCUT2D eigenvalue weighted by molar-refractivity contribution is -0.135. The molecule has 2 unspecified atom stereocenters. The summed E-state index contributed by atoms with van der Waals surface area (Å²) in [5.74, 6) is 0.210. The van der Waals surface area contributed by atoms with Gasteiger partial charge in [0.05, 0.1) is 12.1 Å². The van der Waals surface area contributed by atoms with Crippen LogP contribution in [0.1, 0.15) is 20.3 Å². The van der Waals surface area contributed by atoms with Crippen LogP contribution in [-0.4, -0.2) is 60.0 Å². The van der Waals surface area contributed by atoms with Crippen LogP contribution in [-0.2, 0) is 4.79 Å². The minimum absolute atomic E-state index is 0.0154. The highest BCUT2D eigenvalue weighted by Crippen LogP contribution is 2.16. The molecule has 3 atom stereocenters. The van der Waals surface area contributed by atoms with Crippen LogP contribution in [0.3, 0.4) is 0 Å². The van der Waals surface area contributed by atoms with Crippen molar-refractivity contribution < 1.29 is 9.59 Å². The van der Waals surface area contributed by atoms with Crippen molar-refractivity contribution in [3.05, 3.63) is 0 Å². The summed E-state index contributed by atoms with van der Waals surface area (Å²) in [4.78, 5) is 27.3. The van der Waals surface area contributed by atoms with Gasteiger partial charge in [-0.3, -0.25) is 4.79 Å². The van der Waals surface area contributed by atoms with Gasteiger partial charge in [-0.25, -0.2) is 4.79 Å². The van der Waals surface area contributed by atoms with Crippen LogP contribution in [0, 0.1) is 5.92 Å². The van der Waals surface area contributed by atoms with E-state index in [4.69, 9.17) is 5.73 Å². The highest BCUT2D eigenvalue weighted by molar-refractivity contribution is 5.83. The molecule has 2 aliphatic heterocycles. The van der Waals surface area contributed by atoms with Gasteiger partial charge in [0.15, 0.2) is 0 Å². The highest BCUT2D eigenvalue weighted by atomic mass is 16.2. The highest BCUT2D eigenvalue weighted by Gasteiger charge is 2.38. The Kier molecular flexibility index (Phi) is 3.75. The van der Waals surface area contributed by atoms with Crippen LogP contribution in [0.5, 0.6) is 0 Å². The van der Waals surface area contributed by atoms with Gasteiger partial charge in [0.2, 0.25) is 5.91 Å². The molecule has 3 N–H and O–H groups in total. The predicted octanol–water partition coefficient (Wildman–Crippen LogP) is -0.404. The number of carbonyl (C=O) groups is 2. The van der Waals surface area contributed by atoms with Gasteiger partial charge in [-0.1, -0.05) is 20.3 Å². The Bertz CT molecular complexity index is 347. The Hall–Kier alpha value is -1.30. The molecule has 2 saturated heterocycles. The Morgan fingerprint density at radius 3 is 2.94 bits per heavy atom. The first kappa shape index (κ1) is 13.1. The molecule has 6 nitrogen and oxygen atoms in total. The van der Waals surface area contributed by atoms with Gasteiger partial charge in [-0.15, -0.1) is 0 Å². The van der Waals surface area contributed by atoms with Crippen molar-refractivity contribution in [1.82, 2.24) is 15.1 Å². The summed E-state index contributed by atoms with van der Waals surface area (Å²) >= 11 is 0. The third-order valence-electron chi connectivity index (χ3n) is 4.09. The normalized spacial score (nSPS) is 26.6. The number of carbonyl (C=O) groups excluding carboxylic acids is 2. The molecule has 18 heavy (non-hydrogen) atoms. The fourth-order valence-corrected chi connectivity index (χ4v) is 2.51. The van der Waals surface area contributed by atoms with E-state index >= 15 is 0 Å². The van der Waals surface area contributed by atoms with E-state index < -0.39 is 6.04 Å². The molecule has 0 radical (unpaired) electrons. The predicted molar refractivity (Wildman–Crippen MR) is 67.9 cm³/mol. The molecule has 0 aromatic rings. The average Bonchev–Trinajstić information content (AvgIpc) is 2.77. The van der Waals surface area contributed by atoms with Crippen molar-refractivity contribution in [2.75, 3.05) is 26.2 Å². The van der Waals surface area contributed by atoms with Crippen molar-refractivity contribution in [2.45, 2.75) is 32.4 Å². The molecule has 0 aromatic carbocycles. The fourth-order valence-electron chi connectivity index (χ4n) is 2.51. The van der Waals surface area contributed by atoms with Gasteiger partial charge in [0.25, 0.3) is 0 Å². The molecule has 3 amide bonds. The summed E-state index contributed by atoms with van der Waals surface area (Å²) in [7, 11) is 0. The molecule has 6 heteroatoms. The van der Waals surface area contributed by atoms with Gasteiger partial charge >= 0.3 is 6.03 Å². The first-order chi connectivity index (χ1) is 8.54. The van der Waals surface area contributed by atoms with E-state index in [-0.39, 0.29) is 23.9 Å². The number of hydrogen-bond acceptors (Lipinski definition) is 3. The number of nitrogens with one attached hydrogen (secondary N) is 1. The molecule has 0 spiro atoms. The molecule has 2 aliphatic rings. The van der Waals surface area contributed by atoms with Crippen LogP contribution < -0.4 is 11.1 Å². The number of fused-ring (bicyclic) bond motifs is 1. The largest absolute Gasteiger partial charge is 0.337 e. The first-order valence-corrected chi connectivity index (χ1v) is 6.63. The maximum absolute atomic E-state index is 12.2. The number of nitrogens with zero attached hydrogens (tertiary/aromatic N) is 2. The summed E-state index contributed by atoms with van der Waals surface area (Å²) in [5.41, 5.74) is 5.98. The van der Waals surface area contributed by atoms with Crippen LogP contribution in [0.25, 0.3) is 0 Å². The van der Waals surface area contributed by atoms with Crippen molar-refractivity contribution in [1.29, 1.82) is 0 Å². The van der Waals surface area contributed by atoms with E-state index in [1.165, 1.54) is 0 Å². The molecule has 2 fully saturated rings. The standard InChI is InChI=1S/C12H22N4O2/c1-3-8(2)10(13)11(17)15-4-5-16-9(7-15)6-14-12(16)18/h8-10H,3-7,13H2,1-2H3,(H,14,18)/t8?,9?,10-/m0/s1. The van der Waals surface area contributed by atoms with E-state index in [9.17, 15) is 9.59 Å². The molecule has 2 rings (SSSR count). The van der Waals surface area contributed by atoms with E-state index in [0.29, 0.717) is 26.2 Å². The minimum atomic E-state index is -0.424. The molecule has 0 bridgehead atoms. The Morgan fingerprint density at radius 1 is 1.56 bits per heavy atom. The summed E-state index contributed by atoms with van der Waals surface area (Å²) in [6, 6.07) is -0.329.